The summed E-state index contributed by atoms with van der Waals surface area (Å²) in [6, 6.07) is 11.1. The van der Waals surface area contributed by atoms with Gasteiger partial charge in [0.1, 0.15) is 5.69 Å². The van der Waals surface area contributed by atoms with E-state index in [1.807, 2.05) is 47.2 Å². The number of anilines is 1. The summed E-state index contributed by atoms with van der Waals surface area (Å²) in [6.45, 7) is 3.24. The van der Waals surface area contributed by atoms with Crippen LogP contribution in [0.4, 0.5) is 5.69 Å². The van der Waals surface area contributed by atoms with Crippen molar-refractivity contribution >= 4 is 28.9 Å². The van der Waals surface area contributed by atoms with Crippen LogP contribution in [0.1, 0.15) is 24.6 Å². The summed E-state index contributed by atoms with van der Waals surface area (Å²) in [5.41, 5.74) is 2.17. The molecule has 3 rings (SSSR count). The molecular weight excluding hydrogens is 390 g/mol. The summed E-state index contributed by atoms with van der Waals surface area (Å²) in [5.74, 6) is -0.995. The number of rotatable bonds is 7. The normalized spacial score (nSPS) is 11.8. The molecule has 0 bridgehead atoms. The van der Waals surface area contributed by atoms with Crippen molar-refractivity contribution in [3.63, 3.8) is 0 Å². The molecule has 1 atom stereocenters. The number of aromatic nitrogens is 2. The van der Waals surface area contributed by atoms with Gasteiger partial charge in [-0.25, -0.2) is 4.68 Å². The van der Waals surface area contributed by atoms with E-state index in [1.165, 1.54) is 11.6 Å². The molecule has 2 heterocycles. The Labute approximate surface area is 172 Å². The average molecular weight is 413 g/mol. The Kier molecular flexibility index (Phi) is 6.33. The minimum Gasteiger partial charge on any atom is -0.453 e. The second-order valence-electron chi connectivity index (χ2n) is 6.69. The SMILES string of the molecule is Cc1c(NC(=O)[C@H](C)OC(=O)CCc2ccsc2)c(=O)n(-c2ccccc2)n1C. The standard InChI is InChI=1S/C21H23N3O4S/c1-14-19(21(27)24(23(14)3)17-7-5-4-6-8-17)22-20(26)15(2)28-18(25)10-9-16-11-12-29-13-16/h4-8,11-13,15H,9-10H2,1-3H3,(H,22,26)/t15-/m0/s1. The number of aryl methyl sites for hydroxylation is 1. The van der Waals surface area contributed by atoms with Gasteiger partial charge in [0.05, 0.1) is 11.4 Å². The van der Waals surface area contributed by atoms with E-state index in [1.54, 1.807) is 30.0 Å². The Hall–Kier alpha value is -3.13. The molecule has 0 radical (unpaired) electrons. The topological polar surface area (TPSA) is 82.3 Å². The lowest BCUT2D eigenvalue weighted by molar-refractivity contribution is -0.153. The van der Waals surface area contributed by atoms with E-state index in [2.05, 4.69) is 5.32 Å². The summed E-state index contributed by atoms with van der Waals surface area (Å²) in [5, 5.41) is 6.53. The largest absolute Gasteiger partial charge is 0.453 e. The van der Waals surface area contributed by atoms with E-state index in [4.69, 9.17) is 4.74 Å². The Morgan fingerprint density at radius 3 is 2.59 bits per heavy atom. The molecule has 0 unspecified atom stereocenters. The van der Waals surface area contributed by atoms with Crippen molar-refractivity contribution in [3.8, 4) is 5.69 Å². The average Bonchev–Trinajstić information content (AvgIpc) is 3.30. The molecule has 0 spiro atoms. The highest BCUT2D eigenvalue weighted by Crippen LogP contribution is 2.15. The molecule has 0 saturated heterocycles. The van der Waals surface area contributed by atoms with Crippen molar-refractivity contribution in [2.24, 2.45) is 7.05 Å². The molecule has 0 aliphatic carbocycles. The second kappa shape index (κ2) is 8.91. The minimum absolute atomic E-state index is 0.169. The fourth-order valence-electron chi connectivity index (χ4n) is 2.93. The number of thiophene rings is 1. The number of para-hydroxylation sites is 1. The summed E-state index contributed by atoms with van der Waals surface area (Å²) in [7, 11) is 1.74. The van der Waals surface area contributed by atoms with Crippen molar-refractivity contribution in [1.82, 2.24) is 9.36 Å². The number of hydrogen-bond donors (Lipinski definition) is 1. The number of hydrogen-bond acceptors (Lipinski definition) is 5. The van der Waals surface area contributed by atoms with Crippen molar-refractivity contribution in [2.45, 2.75) is 32.8 Å². The van der Waals surface area contributed by atoms with Crippen molar-refractivity contribution in [3.05, 3.63) is 68.8 Å². The van der Waals surface area contributed by atoms with Gasteiger partial charge in [-0.15, -0.1) is 0 Å². The molecule has 152 valence electrons. The lowest BCUT2D eigenvalue weighted by Crippen LogP contribution is -2.32. The van der Waals surface area contributed by atoms with Crippen LogP contribution in [0.5, 0.6) is 0 Å². The molecule has 8 heteroatoms. The van der Waals surface area contributed by atoms with Gasteiger partial charge in [0.15, 0.2) is 6.10 Å². The zero-order valence-corrected chi connectivity index (χ0v) is 17.4. The lowest BCUT2D eigenvalue weighted by atomic mass is 10.2. The van der Waals surface area contributed by atoms with Gasteiger partial charge in [-0.05, 0) is 54.8 Å². The van der Waals surface area contributed by atoms with E-state index in [9.17, 15) is 14.4 Å². The third-order valence-electron chi connectivity index (χ3n) is 4.68. The van der Waals surface area contributed by atoms with Gasteiger partial charge in [-0.2, -0.15) is 11.3 Å². The van der Waals surface area contributed by atoms with Gasteiger partial charge in [0.2, 0.25) is 0 Å². The molecule has 3 aromatic rings. The number of carbonyl (C=O) groups excluding carboxylic acids is 2. The van der Waals surface area contributed by atoms with Crippen LogP contribution in [0, 0.1) is 6.92 Å². The van der Waals surface area contributed by atoms with Crippen LogP contribution in [0.3, 0.4) is 0 Å². The third-order valence-corrected chi connectivity index (χ3v) is 5.41. The first-order valence-electron chi connectivity index (χ1n) is 9.24. The highest BCUT2D eigenvalue weighted by Gasteiger charge is 2.23. The fraction of sp³-hybridized carbons (Fsp3) is 0.286. The molecule has 2 aromatic heterocycles. The Balaban J connectivity index is 1.67. The maximum absolute atomic E-state index is 12.8. The number of amides is 1. The summed E-state index contributed by atoms with van der Waals surface area (Å²) in [6.07, 6.45) is -0.246. The highest BCUT2D eigenvalue weighted by molar-refractivity contribution is 7.07. The Morgan fingerprint density at radius 2 is 1.93 bits per heavy atom. The molecule has 1 N–H and O–H groups in total. The number of esters is 1. The minimum atomic E-state index is -1.01. The van der Waals surface area contributed by atoms with Crippen LogP contribution in [-0.4, -0.2) is 27.3 Å². The van der Waals surface area contributed by atoms with E-state index in [0.29, 0.717) is 17.8 Å². The zero-order chi connectivity index (χ0) is 21.0. The Bertz CT molecular complexity index is 1050. The molecule has 29 heavy (non-hydrogen) atoms. The van der Waals surface area contributed by atoms with Crippen molar-refractivity contribution in [1.29, 1.82) is 0 Å². The number of nitrogens with one attached hydrogen (secondary N) is 1. The predicted molar refractivity (Wildman–Crippen MR) is 113 cm³/mol. The van der Waals surface area contributed by atoms with Crippen LogP contribution >= 0.6 is 11.3 Å². The highest BCUT2D eigenvalue weighted by atomic mass is 32.1. The first kappa shape index (κ1) is 20.6. The van der Waals surface area contributed by atoms with Gasteiger partial charge in [-0.1, -0.05) is 18.2 Å². The Morgan fingerprint density at radius 1 is 1.21 bits per heavy atom. The van der Waals surface area contributed by atoms with Crippen LogP contribution in [-0.2, 0) is 27.8 Å². The number of benzene rings is 1. The first-order valence-corrected chi connectivity index (χ1v) is 10.2. The number of carbonyl (C=O) groups is 2. The summed E-state index contributed by atoms with van der Waals surface area (Å²) >= 11 is 1.57. The van der Waals surface area contributed by atoms with Gasteiger partial charge in [0.25, 0.3) is 11.5 Å². The maximum atomic E-state index is 12.8. The summed E-state index contributed by atoms with van der Waals surface area (Å²) < 4.78 is 8.37. The van der Waals surface area contributed by atoms with E-state index in [0.717, 1.165) is 5.56 Å². The van der Waals surface area contributed by atoms with Crippen LogP contribution in [0.15, 0.2) is 52.0 Å². The monoisotopic (exact) mass is 413 g/mol. The number of ether oxygens (including phenoxy) is 1. The van der Waals surface area contributed by atoms with Crippen LogP contribution in [0.25, 0.3) is 5.69 Å². The molecular formula is C21H23N3O4S. The molecule has 1 aromatic carbocycles. The molecule has 0 aliphatic rings. The third kappa shape index (κ3) is 4.65. The van der Waals surface area contributed by atoms with E-state index < -0.39 is 18.0 Å². The maximum Gasteiger partial charge on any atom is 0.306 e. The molecule has 7 nitrogen and oxygen atoms in total. The first-order chi connectivity index (χ1) is 13.9. The summed E-state index contributed by atoms with van der Waals surface area (Å²) in [4.78, 5) is 37.4. The molecule has 0 aliphatic heterocycles. The van der Waals surface area contributed by atoms with Crippen molar-refractivity contribution < 1.29 is 14.3 Å². The lowest BCUT2D eigenvalue weighted by Gasteiger charge is -2.13. The van der Waals surface area contributed by atoms with Gasteiger partial charge in [-0.3, -0.25) is 19.1 Å². The quantitative estimate of drug-likeness (QED) is 0.604. The van der Waals surface area contributed by atoms with E-state index >= 15 is 0 Å². The smallest absolute Gasteiger partial charge is 0.306 e. The van der Waals surface area contributed by atoms with Gasteiger partial charge in [0, 0.05) is 13.5 Å². The van der Waals surface area contributed by atoms with Crippen LogP contribution < -0.4 is 10.9 Å². The zero-order valence-electron chi connectivity index (χ0n) is 16.5. The van der Waals surface area contributed by atoms with Crippen molar-refractivity contribution in [2.75, 3.05) is 5.32 Å². The van der Waals surface area contributed by atoms with E-state index in [-0.39, 0.29) is 17.7 Å². The van der Waals surface area contributed by atoms with Gasteiger partial charge < -0.3 is 10.1 Å². The second-order valence-corrected chi connectivity index (χ2v) is 7.47. The van der Waals surface area contributed by atoms with Crippen LogP contribution in [0.2, 0.25) is 0 Å². The molecule has 0 saturated carbocycles. The molecule has 1 amide bonds. The van der Waals surface area contributed by atoms with Gasteiger partial charge >= 0.3 is 5.97 Å². The number of nitrogens with zero attached hydrogens (tertiary/aromatic N) is 2. The predicted octanol–water partition coefficient (Wildman–Crippen LogP) is 3.05. The fourth-order valence-corrected chi connectivity index (χ4v) is 3.63. The molecule has 0 fully saturated rings.